The molecular formula is C14H13NO3S. The van der Waals surface area contributed by atoms with Gasteiger partial charge in [0.2, 0.25) is 0 Å². The average molecular weight is 275 g/mol. The lowest BCUT2D eigenvalue weighted by molar-refractivity contribution is 0.0702. The topological polar surface area (TPSA) is 58.9 Å². The van der Waals surface area contributed by atoms with Crippen LogP contribution in [0.15, 0.2) is 47.6 Å². The standard InChI is InChI=1S/C14H13NO3S/c1-10(11-5-3-2-4-6-11)15-18-9-12-7-8-13(19-12)14(16)17/h2-8H,9H2,1H3,(H,16,17). The molecular weight excluding hydrogens is 262 g/mol. The number of rotatable bonds is 5. The molecule has 1 aromatic heterocycles. The van der Waals surface area contributed by atoms with E-state index in [1.807, 2.05) is 37.3 Å². The summed E-state index contributed by atoms with van der Waals surface area (Å²) in [4.78, 5) is 17.1. The average Bonchev–Trinajstić information content (AvgIpc) is 2.89. The van der Waals surface area contributed by atoms with Gasteiger partial charge in [0.1, 0.15) is 4.88 Å². The van der Waals surface area contributed by atoms with Crippen molar-refractivity contribution in [1.29, 1.82) is 0 Å². The van der Waals surface area contributed by atoms with Crippen molar-refractivity contribution in [3.05, 3.63) is 57.8 Å². The number of hydrogen-bond acceptors (Lipinski definition) is 4. The van der Waals surface area contributed by atoms with Gasteiger partial charge >= 0.3 is 5.97 Å². The van der Waals surface area contributed by atoms with Gasteiger partial charge in [0, 0.05) is 4.88 Å². The van der Waals surface area contributed by atoms with Gasteiger partial charge in [-0.3, -0.25) is 0 Å². The van der Waals surface area contributed by atoms with Crippen molar-refractivity contribution in [1.82, 2.24) is 0 Å². The molecule has 1 heterocycles. The van der Waals surface area contributed by atoms with Crippen LogP contribution in [-0.2, 0) is 11.4 Å². The summed E-state index contributed by atoms with van der Waals surface area (Å²) in [5.74, 6) is -0.916. The molecule has 0 atom stereocenters. The van der Waals surface area contributed by atoms with Gasteiger partial charge < -0.3 is 9.94 Å². The summed E-state index contributed by atoms with van der Waals surface area (Å²) in [6, 6.07) is 13.0. The van der Waals surface area contributed by atoms with Crippen molar-refractivity contribution in [2.45, 2.75) is 13.5 Å². The van der Waals surface area contributed by atoms with Crippen LogP contribution >= 0.6 is 11.3 Å². The number of nitrogens with zero attached hydrogens (tertiary/aromatic N) is 1. The molecule has 0 fully saturated rings. The smallest absolute Gasteiger partial charge is 0.345 e. The van der Waals surface area contributed by atoms with E-state index in [-0.39, 0.29) is 6.61 Å². The van der Waals surface area contributed by atoms with Crippen molar-refractivity contribution < 1.29 is 14.7 Å². The Hall–Kier alpha value is -2.14. The monoisotopic (exact) mass is 275 g/mol. The lowest BCUT2D eigenvalue weighted by atomic mass is 10.1. The number of carboxylic acid groups (broad SMARTS) is 1. The fourth-order valence-electron chi connectivity index (χ4n) is 1.50. The highest BCUT2D eigenvalue weighted by atomic mass is 32.1. The Morgan fingerprint density at radius 2 is 2.00 bits per heavy atom. The zero-order chi connectivity index (χ0) is 13.7. The van der Waals surface area contributed by atoms with Crippen LogP contribution in [0.4, 0.5) is 0 Å². The zero-order valence-corrected chi connectivity index (χ0v) is 11.2. The molecule has 0 radical (unpaired) electrons. The molecule has 5 heteroatoms. The van der Waals surface area contributed by atoms with Crippen molar-refractivity contribution in [3.63, 3.8) is 0 Å². The van der Waals surface area contributed by atoms with Gasteiger partial charge in [-0.1, -0.05) is 35.5 Å². The number of aromatic carboxylic acids is 1. The highest BCUT2D eigenvalue weighted by molar-refractivity contribution is 7.13. The first kappa shape index (κ1) is 13.3. The van der Waals surface area contributed by atoms with Crippen molar-refractivity contribution in [2.24, 2.45) is 5.16 Å². The SMILES string of the molecule is CC(=NOCc1ccc(C(=O)O)s1)c1ccccc1. The predicted molar refractivity (Wildman–Crippen MR) is 74.7 cm³/mol. The van der Waals surface area contributed by atoms with Crippen molar-refractivity contribution in [2.75, 3.05) is 0 Å². The molecule has 0 aliphatic rings. The molecule has 0 saturated carbocycles. The number of thiophene rings is 1. The van der Waals surface area contributed by atoms with Crippen LogP contribution in [0, 0.1) is 0 Å². The van der Waals surface area contributed by atoms with Gasteiger partial charge in [-0.25, -0.2) is 4.79 Å². The summed E-state index contributed by atoms with van der Waals surface area (Å²) in [7, 11) is 0. The lowest BCUT2D eigenvalue weighted by Crippen LogP contribution is -1.95. The molecule has 1 N–H and O–H groups in total. The first-order valence-corrected chi connectivity index (χ1v) is 6.52. The van der Waals surface area contributed by atoms with Crippen LogP contribution in [0.2, 0.25) is 0 Å². The molecule has 0 saturated heterocycles. The minimum atomic E-state index is -0.916. The molecule has 2 aromatic rings. The van der Waals surface area contributed by atoms with Crippen LogP contribution < -0.4 is 0 Å². The molecule has 19 heavy (non-hydrogen) atoms. The molecule has 0 aliphatic carbocycles. The van der Waals surface area contributed by atoms with E-state index in [2.05, 4.69) is 5.16 Å². The van der Waals surface area contributed by atoms with E-state index in [1.54, 1.807) is 12.1 Å². The Morgan fingerprint density at radius 3 is 2.63 bits per heavy atom. The number of hydrogen-bond donors (Lipinski definition) is 1. The quantitative estimate of drug-likeness (QED) is 0.672. The first-order valence-electron chi connectivity index (χ1n) is 5.71. The van der Waals surface area contributed by atoms with Gasteiger partial charge in [0.25, 0.3) is 0 Å². The van der Waals surface area contributed by atoms with Crippen LogP contribution in [-0.4, -0.2) is 16.8 Å². The Kier molecular flexibility index (Phi) is 4.30. The van der Waals surface area contributed by atoms with Crippen LogP contribution in [0.3, 0.4) is 0 Å². The van der Waals surface area contributed by atoms with Crippen molar-refractivity contribution >= 4 is 23.0 Å². The largest absolute Gasteiger partial charge is 0.477 e. The maximum Gasteiger partial charge on any atom is 0.345 e. The van der Waals surface area contributed by atoms with Crippen molar-refractivity contribution in [3.8, 4) is 0 Å². The maximum atomic E-state index is 10.7. The minimum absolute atomic E-state index is 0.280. The van der Waals surface area contributed by atoms with Crippen LogP contribution in [0.5, 0.6) is 0 Å². The van der Waals surface area contributed by atoms with Gasteiger partial charge in [-0.15, -0.1) is 11.3 Å². The fraction of sp³-hybridized carbons (Fsp3) is 0.143. The summed E-state index contributed by atoms with van der Waals surface area (Å²) in [6.45, 7) is 2.15. The number of benzene rings is 1. The highest BCUT2D eigenvalue weighted by Crippen LogP contribution is 2.17. The van der Waals surface area contributed by atoms with E-state index >= 15 is 0 Å². The van der Waals surface area contributed by atoms with Gasteiger partial charge in [0.15, 0.2) is 6.61 Å². The Balaban J connectivity index is 1.94. The Labute approximate surface area is 115 Å². The second kappa shape index (κ2) is 6.15. The molecule has 0 aliphatic heterocycles. The van der Waals surface area contributed by atoms with Crippen LogP contribution in [0.1, 0.15) is 27.0 Å². The van der Waals surface area contributed by atoms with E-state index in [0.29, 0.717) is 4.88 Å². The molecule has 98 valence electrons. The van der Waals surface area contributed by atoms with Gasteiger partial charge in [-0.2, -0.15) is 0 Å². The Morgan fingerprint density at radius 1 is 1.26 bits per heavy atom. The maximum absolute atomic E-state index is 10.7. The Bertz CT molecular complexity index is 590. The minimum Gasteiger partial charge on any atom is -0.477 e. The van der Waals surface area contributed by atoms with Gasteiger partial charge in [0.05, 0.1) is 5.71 Å². The molecule has 0 amide bonds. The third-order valence-electron chi connectivity index (χ3n) is 2.47. The van der Waals surface area contributed by atoms with E-state index in [1.165, 1.54) is 11.3 Å². The second-order valence-electron chi connectivity index (χ2n) is 3.89. The number of oxime groups is 1. The molecule has 0 unspecified atom stereocenters. The molecule has 0 spiro atoms. The summed E-state index contributed by atoms with van der Waals surface area (Å²) in [5, 5.41) is 12.8. The highest BCUT2D eigenvalue weighted by Gasteiger charge is 2.06. The molecule has 2 rings (SSSR count). The summed E-state index contributed by atoms with van der Waals surface area (Å²) in [6.07, 6.45) is 0. The van der Waals surface area contributed by atoms with E-state index in [0.717, 1.165) is 16.2 Å². The van der Waals surface area contributed by atoms with E-state index in [4.69, 9.17) is 9.94 Å². The van der Waals surface area contributed by atoms with Gasteiger partial charge in [-0.05, 0) is 24.6 Å². The number of carbonyl (C=O) groups is 1. The van der Waals surface area contributed by atoms with E-state index in [9.17, 15) is 4.79 Å². The lowest BCUT2D eigenvalue weighted by Gasteiger charge is -2.00. The normalized spacial score (nSPS) is 11.3. The van der Waals surface area contributed by atoms with Crippen LogP contribution in [0.25, 0.3) is 0 Å². The molecule has 1 aromatic carbocycles. The number of carboxylic acids is 1. The third kappa shape index (κ3) is 3.66. The third-order valence-corrected chi connectivity index (χ3v) is 3.52. The second-order valence-corrected chi connectivity index (χ2v) is 5.06. The first-order chi connectivity index (χ1) is 9.16. The summed E-state index contributed by atoms with van der Waals surface area (Å²) >= 11 is 1.19. The predicted octanol–water partition coefficient (Wildman–Crippen LogP) is 3.39. The summed E-state index contributed by atoms with van der Waals surface area (Å²) < 4.78 is 0. The summed E-state index contributed by atoms with van der Waals surface area (Å²) in [5.41, 5.74) is 1.79. The molecule has 4 nitrogen and oxygen atoms in total. The zero-order valence-electron chi connectivity index (χ0n) is 10.4. The van der Waals surface area contributed by atoms with E-state index < -0.39 is 5.97 Å². The molecule has 0 bridgehead atoms. The fourth-order valence-corrected chi connectivity index (χ4v) is 2.25.